The van der Waals surface area contributed by atoms with Gasteiger partial charge in [-0.2, -0.15) is 0 Å². The Morgan fingerprint density at radius 3 is 2.08 bits per heavy atom. The molecule has 0 saturated carbocycles. The van der Waals surface area contributed by atoms with E-state index in [9.17, 15) is 29.8 Å². The first-order valence-electron chi connectivity index (χ1n) is 12.5. The monoisotopic (exact) mass is 548 g/mol. The van der Waals surface area contributed by atoms with Gasteiger partial charge in [-0.05, 0) is 41.7 Å². The van der Waals surface area contributed by atoms with Gasteiger partial charge in [0.1, 0.15) is 6.54 Å². The van der Waals surface area contributed by atoms with Gasteiger partial charge < -0.3 is 19.3 Å². The van der Waals surface area contributed by atoms with Crippen LogP contribution in [0.25, 0.3) is 0 Å². The molecule has 2 amide bonds. The van der Waals surface area contributed by atoms with E-state index < -0.39 is 27.1 Å². The molecule has 0 unspecified atom stereocenters. The SMILES string of the molecule is COc1cc2c(cc1OC)CN(C(=O)CN(CCc1ccccc1)C(=O)c1cc([N+](=O)[O-])cc([N+](=O)[O-])c1)CC2. The van der Waals surface area contributed by atoms with Gasteiger partial charge in [-0.1, -0.05) is 30.3 Å². The molecule has 0 bridgehead atoms. The van der Waals surface area contributed by atoms with Gasteiger partial charge in [0.2, 0.25) is 5.91 Å². The van der Waals surface area contributed by atoms with Crippen molar-refractivity contribution in [2.24, 2.45) is 0 Å². The highest BCUT2D eigenvalue weighted by Gasteiger charge is 2.28. The van der Waals surface area contributed by atoms with Crippen LogP contribution < -0.4 is 9.47 Å². The highest BCUT2D eigenvalue weighted by molar-refractivity contribution is 5.97. The molecule has 4 rings (SSSR count). The fourth-order valence-corrected chi connectivity index (χ4v) is 4.63. The van der Waals surface area contributed by atoms with Crippen LogP contribution in [-0.2, 0) is 24.2 Å². The summed E-state index contributed by atoms with van der Waals surface area (Å²) in [7, 11) is 3.09. The fourth-order valence-electron chi connectivity index (χ4n) is 4.63. The molecular weight excluding hydrogens is 520 g/mol. The fraction of sp³-hybridized carbons (Fsp3) is 0.286. The quantitative estimate of drug-likeness (QED) is 0.275. The molecule has 1 heterocycles. The maximum absolute atomic E-state index is 13.6. The average molecular weight is 549 g/mol. The number of methoxy groups -OCH3 is 2. The van der Waals surface area contributed by atoms with Gasteiger partial charge in [0.05, 0.1) is 35.7 Å². The number of carbonyl (C=O) groups is 2. The number of nitro benzene ring substituents is 2. The molecule has 1 aliphatic rings. The molecule has 0 fully saturated rings. The topological polar surface area (TPSA) is 145 Å². The molecule has 0 N–H and O–H groups in total. The Labute approximate surface area is 230 Å². The molecular formula is C28H28N4O8. The van der Waals surface area contributed by atoms with Gasteiger partial charge in [0, 0.05) is 31.8 Å². The zero-order valence-electron chi connectivity index (χ0n) is 22.1. The van der Waals surface area contributed by atoms with Crippen LogP contribution in [0, 0.1) is 20.2 Å². The van der Waals surface area contributed by atoms with E-state index in [1.54, 1.807) is 12.0 Å². The summed E-state index contributed by atoms with van der Waals surface area (Å²) < 4.78 is 10.8. The molecule has 208 valence electrons. The van der Waals surface area contributed by atoms with Crippen LogP contribution in [0.2, 0.25) is 0 Å². The van der Waals surface area contributed by atoms with Crippen molar-refractivity contribution in [3.63, 3.8) is 0 Å². The first-order valence-corrected chi connectivity index (χ1v) is 12.5. The lowest BCUT2D eigenvalue weighted by Gasteiger charge is -2.32. The first-order chi connectivity index (χ1) is 19.2. The maximum Gasteiger partial charge on any atom is 0.277 e. The highest BCUT2D eigenvalue weighted by Crippen LogP contribution is 2.33. The zero-order valence-corrected chi connectivity index (χ0v) is 22.1. The minimum atomic E-state index is -0.794. The summed E-state index contributed by atoms with van der Waals surface area (Å²) in [5, 5.41) is 22.8. The number of benzene rings is 3. The predicted octanol–water partition coefficient (Wildman–Crippen LogP) is 3.79. The van der Waals surface area contributed by atoms with Crippen LogP contribution in [0.15, 0.2) is 60.7 Å². The average Bonchev–Trinajstić information content (AvgIpc) is 2.97. The Hall–Kier alpha value is -5.00. The number of fused-ring (bicyclic) bond motifs is 1. The molecule has 12 nitrogen and oxygen atoms in total. The van der Waals surface area contributed by atoms with Crippen molar-refractivity contribution in [1.82, 2.24) is 9.80 Å². The molecule has 0 spiro atoms. The van der Waals surface area contributed by atoms with Crippen molar-refractivity contribution in [3.8, 4) is 11.5 Å². The van der Waals surface area contributed by atoms with E-state index >= 15 is 0 Å². The second kappa shape index (κ2) is 12.2. The summed E-state index contributed by atoms with van der Waals surface area (Å²) in [6, 6.07) is 15.8. The van der Waals surface area contributed by atoms with E-state index in [1.807, 2.05) is 42.5 Å². The number of non-ortho nitro benzene ring substituents is 2. The van der Waals surface area contributed by atoms with E-state index in [0.717, 1.165) is 34.9 Å². The van der Waals surface area contributed by atoms with Gasteiger partial charge in [-0.3, -0.25) is 29.8 Å². The molecule has 0 aliphatic carbocycles. The van der Waals surface area contributed by atoms with E-state index in [-0.39, 0.29) is 24.6 Å². The summed E-state index contributed by atoms with van der Waals surface area (Å²) in [6.07, 6.45) is 0.993. The van der Waals surface area contributed by atoms with Crippen molar-refractivity contribution in [3.05, 3.63) is 103 Å². The molecule has 0 atom stereocenters. The Bertz CT molecular complexity index is 1410. The molecule has 0 aromatic heterocycles. The lowest BCUT2D eigenvalue weighted by Crippen LogP contribution is -2.45. The third-order valence-electron chi connectivity index (χ3n) is 6.77. The van der Waals surface area contributed by atoms with Crippen LogP contribution in [0.1, 0.15) is 27.0 Å². The van der Waals surface area contributed by atoms with Crippen molar-refractivity contribution in [2.45, 2.75) is 19.4 Å². The van der Waals surface area contributed by atoms with Gasteiger partial charge in [0.15, 0.2) is 11.5 Å². The second-order valence-electron chi connectivity index (χ2n) is 9.26. The van der Waals surface area contributed by atoms with E-state index in [4.69, 9.17) is 9.47 Å². The Balaban J connectivity index is 1.59. The van der Waals surface area contributed by atoms with Crippen LogP contribution in [-0.4, -0.2) is 65.3 Å². The molecule has 1 aliphatic heterocycles. The van der Waals surface area contributed by atoms with E-state index in [1.165, 1.54) is 12.0 Å². The van der Waals surface area contributed by atoms with Crippen LogP contribution in [0.4, 0.5) is 11.4 Å². The normalized spacial score (nSPS) is 12.3. The number of ether oxygens (including phenoxy) is 2. The van der Waals surface area contributed by atoms with Crippen LogP contribution >= 0.6 is 0 Å². The molecule has 0 radical (unpaired) electrons. The molecule has 0 saturated heterocycles. The van der Waals surface area contributed by atoms with Crippen molar-refractivity contribution >= 4 is 23.2 Å². The summed E-state index contributed by atoms with van der Waals surface area (Å²) >= 11 is 0. The number of nitrogens with zero attached hydrogens (tertiary/aromatic N) is 4. The summed E-state index contributed by atoms with van der Waals surface area (Å²) in [6.45, 7) is 0.549. The summed E-state index contributed by atoms with van der Waals surface area (Å²) in [4.78, 5) is 51.1. The largest absolute Gasteiger partial charge is 0.493 e. The number of nitro groups is 2. The minimum Gasteiger partial charge on any atom is -0.493 e. The number of hydrogen-bond acceptors (Lipinski definition) is 8. The zero-order chi connectivity index (χ0) is 28.8. The molecule has 3 aromatic rings. The van der Waals surface area contributed by atoms with Crippen molar-refractivity contribution < 1.29 is 28.9 Å². The molecule has 3 aromatic carbocycles. The van der Waals surface area contributed by atoms with E-state index in [2.05, 4.69) is 0 Å². The Kier molecular flexibility index (Phi) is 8.57. The lowest BCUT2D eigenvalue weighted by atomic mass is 9.98. The van der Waals surface area contributed by atoms with Gasteiger partial charge in [-0.25, -0.2) is 0 Å². The Morgan fingerprint density at radius 2 is 1.50 bits per heavy atom. The third-order valence-corrected chi connectivity index (χ3v) is 6.77. The number of amides is 2. The third kappa shape index (κ3) is 6.34. The second-order valence-corrected chi connectivity index (χ2v) is 9.26. The van der Waals surface area contributed by atoms with Crippen LogP contribution in [0.3, 0.4) is 0 Å². The number of hydrogen-bond donors (Lipinski definition) is 0. The maximum atomic E-state index is 13.6. The Morgan fingerprint density at radius 1 is 0.900 bits per heavy atom. The van der Waals surface area contributed by atoms with E-state index in [0.29, 0.717) is 37.4 Å². The first kappa shape index (κ1) is 28.0. The summed E-state index contributed by atoms with van der Waals surface area (Å²) in [5.41, 5.74) is 1.46. The van der Waals surface area contributed by atoms with Gasteiger partial charge in [-0.15, -0.1) is 0 Å². The smallest absolute Gasteiger partial charge is 0.277 e. The highest BCUT2D eigenvalue weighted by atomic mass is 16.6. The van der Waals surface area contributed by atoms with Gasteiger partial charge >= 0.3 is 0 Å². The van der Waals surface area contributed by atoms with Crippen molar-refractivity contribution in [1.29, 1.82) is 0 Å². The lowest BCUT2D eigenvalue weighted by molar-refractivity contribution is -0.394. The number of carbonyl (C=O) groups excluding carboxylic acids is 2. The number of rotatable bonds is 10. The van der Waals surface area contributed by atoms with Crippen LogP contribution in [0.5, 0.6) is 11.5 Å². The molecule has 40 heavy (non-hydrogen) atoms. The van der Waals surface area contributed by atoms with Crippen molar-refractivity contribution in [2.75, 3.05) is 33.9 Å². The molecule has 12 heteroatoms. The minimum absolute atomic E-state index is 0.126. The summed E-state index contributed by atoms with van der Waals surface area (Å²) in [5.74, 6) is 0.119. The predicted molar refractivity (Wildman–Crippen MR) is 144 cm³/mol. The standard InChI is InChI=1S/C28H28N4O8/c1-39-25-14-20-9-11-29(17-22(20)15-26(25)40-2)27(33)18-30(10-8-19-6-4-3-5-7-19)28(34)21-12-23(31(35)36)16-24(13-21)32(37)38/h3-7,12-16H,8-11,17-18H2,1-2H3. The van der Waals surface area contributed by atoms with Gasteiger partial charge in [0.25, 0.3) is 17.3 Å².